The number of para-hydroxylation sites is 1. The number of nitrogens with one attached hydrogen (secondary N) is 1. The average molecular weight is 375 g/mol. The number of ether oxygens (including phenoxy) is 1. The van der Waals surface area contributed by atoms with E-state index in [9.17, 15) is 9.36 Å². The van der Waals surface area contributed by atoms with Crippen molar-refractivity contribution in [2.45, 2.75) is 81.1 Å². The molecule has 2 atom stereocenters. The Morgan fingerprint density at radius 1 is 1.04 bits per heavy atom. The first-order valence-corrected chi connectivity index (χ1v) is 9.01. The zero-order valence-corrected chi connectivity index (χ0v) is 15.0. The molecule has 0 spiro atoms. The smallest absolute Gasteiger partial charge is 0.323 e. The number of hydrogen-bond acceptors (Lipinski definition) is 4. The summed E-state index contributed by atoms with van der Waals surface area (Å²) in [5.41, 5.74) is 0. The van der Waals surface area contributed by atoms with Crippen LogP contribution in [0, 0.1) is 0 Å². The lowest BCUT2D eigenvalue weighted by Crippen LogP contribution is -2.40. The maximum atomic E-state index is 13.3. The molecular formula is C19H38NO4P. The summed E-state index contributed by atoms with van der Waals surface area (Å²) >= 11 is 0. The van der Waals surface area contributed by atoms with Gasteiger partial charge in [-0.3, -0.25) is 9.36 Å². The second-order valence-corrected chi connectivity index (χ2v) is 9.35. The fourth-order valence-electron chi connectivity index (χ4n) is 1.63. The lowest BCUT2D eigenvalue weighted by atomic mass is 10.3. The summed E-state index contributed by atoms with van der Waals surface area (Å²) in [4.78, 5) is 11.9. The van der Waals surface area contributed by atoms with Gasteiger partial charge in [0.25, 0.3) is 0 Å². The van der Waals surface area contributed by atoms with E-state index < -0.39 is 24.7 Å². The van der Waals surface area contributed by atoms with E-state index in [-0.39, 0.29) is 28.4 Å². The average Bonchev–Trinajstić information content (AvgIpc) is 2.37. The molecule has 0 radical (unpaired) electrons. The fraction of sp³-hybridized carbons (Fsp3) is 0.632. The third-order valence-corrected chi connectivity index (χ3v) is 5.89. The Morgan fingerprint density at radius 3 is 1.92 bits per heavy atom. The highest BCUT2D eigenvalue weighted by Crippen LogP contribution is 2.55. The third-order valence-electron chi connectivity index (χ3n) is 2.93. The molecule has 0 aliphatic heterocycles. The molecule has 25 heavy (non-hydrogen) atoms. The molecule has 0 saturated heterocycles. The summed E-state index contributed by atoms with van der Waals surface area (Å²) in [5, 5.41) is 2.17. The van der Waals surface area contributed by atoms with Crippen molar-refractivity contribution in [3.05, 3.63) is 30.3 Å². The normalized spacial score (nSPS) is 14.0. The van der Waals surface area contributed by atoms with Crippen LogP contribution >= 0.6 is 7.52 Å². The minimum atomic E-state index is -3.33. The van der Waals surface area contributed by atoms with Crippen LogP contribution < -0.4 is 9.61 Å². The van der Waals surface area contributed by atoms with E-state index in [1.54, 1.807) is 45.0 Å². The van der Waals surface area contributed by atoms with Gasteiger partial charge in [-0.1, -0.05) is 40.5 Å². The third kappa shape index (κ3) is 8.55. The van der Waals surface area contributed by atoms with Gasteiger partial charge in [0.05, 0.1) is 11.3 Å². The molecule has 0 fully saturated rings. The van der Waals surface area contributed by atoms with Crippen molar-refractivity contribution in [2.24, 2.45) is 0 Å². The lowest BCUT2D eigenvalue weighted by molar-refractivity contribution is -0.149. The number of benzene rings is 1. The highest BCUT2D eigenvalue weighted by Gasteiger charge is 2.42. The number of carbonyl (C=O) groups is 1. The Morgan fingerprint density at radius 2 is 1.52 bits per heavy atom. The van der Waals surface area contributed by atoms with Crippen LogP contribution in [0.5, 0.6) is 5.75 Å². The largest absolute Gasteiger partial charge is 0.462 e. The molecule has 0 aliphatic carbocycles. The quantitative estimate of drug-likeness (QED) is 0.496. The van der Waals surface area contributed by atoms with Crippen LogP contribution in [0.3, 0.4) is 0 Å². The molecule has 148 valence electrons. The van der Waals surface area contributed by atoms with E-state index in [2.05, 4.69) is 5.09 Å². The molecule has 1 aromatic rings. The summed E-state index contributed by atoms with van der Waals surface area (Å²) in [7, 11) is -3.33. The zero-order valence-electron chi connectivity index (χ0n) is 14.1. The molecule has 1 rings (SSSR count). The molecule has 0 amide bonds. The van der Waals surface area contributed by atoms with Crippen LogP contribution in [-0.4, -0.2) is 23.3 Å². The minimum absolute atomic E-state index is 0. The van der Waals surface area contributed by atoms with E-state index in [0.717, 1.165) is 0 Å². The topological polar surface area (TPSA) is 64.6 Å². The number of carbonyl (C=O) groups excluding carboxylic acids is 1. The Balaban J connectivity index is -0.00000161. The standard InChI is InChI=1S/C16H26NO4P.3CH4/c1-12(2)20-15(18)13(3)17-22(19,16(4,5)6)21-14-10-8-7-9-11-14;;;/h7-13H,1-6H3,(H,17,19);3*1H4/t13-,22+;;;/m0.../s1. The van der Waals surface area contributed by atoms with Gasteiger partial charge in [0.2, 0.25) is 0 Å². The van der Waals surface area contributed by atoms with Gasteiger partial charge >= 0.3 is 13.5 Å². The molecule has 0 aliphatic rings. The number of hydrogen-bond donors (Lipinski definition) is 1. The first-order chi connectivity index (χ1) is 10.0. The van der Waals surface area contributed by atoms with Gasteiger partial charge in [-0.15, -0.1) is 0 Å². The van der Waals surface area contributed by atoms with Crippen LogP contribution in [0.1, 0.15) is 63.8 Å². The highest BCUT2D eigenvalue weighted by atomic mass is 31.2. The van der Waals surface area contributed by atoms with Crippen LogP contribution in [0.15, 0.2) is 30.3 Å². The SMILES string of the molecule is C.C.C.CC(C)OC(=O)[C@H](C)N[P@](=O)(Oc1ccccc1)C(C)(C)C. The van der Waals surface area contributed by atoms with E-state index in [4.69, 9.17) is 9.26 Å². The number of rotatable bonds is 6. The van der Waals surface area contributed by atoms with Crippen LogP contribution in [-0.2, 0) is 14.1 Å². The number of esters is 1. The zero-order chi connectivity index (χ0) is 17.0. The molecule has 0 heterocycles. The molecule has 0 saturated carbocycles. The summed E-state index contributed by atoms with van der Waals surface area (Å²) in [6.45, 7) is 10.6. The summed E-state index contributed by atoms with van der Waals surface area (Å²) in [6, 6.07) is 8.20. The van der Waals surface area contributed by atoms with Crippen molar-refractivity contribution in [2.75, 3.05) is 0 Å². The first-order valence-electron chi connectivity index (χ1n) is 7.38. The second-order valence-electron chi connectivity index (χ2n) is 6.46. The van der Waals surface area contributed by atoms with E-state index in [1.165, 1.54) is 0 Å². The van der Waals surface area contributed by atoms with Gasteiger partial charge in [0.15, 0.2) is 0 Å². The van der Waals surface area contributed by atoms with Gasteiger partial charge < -0.3 is 9.26 Å². The molecule has 1 N–H and O–H groups in total. The Bertz CT molecular complexity index is 538. The van der Waals surface area contributed by atoms with E-state index >= 15 is 0 Å². The van der Waals surface area contributed by atoms with Crippen LogP contribution in [0.25, 0.3) is 0 Å². The predicted octanol–water partition coefficient (Wildman–Crippen LogP) is 5.90. The Kier molecular flexibility index (Phi) is 12.9. The molecule has 5 nitrogen and oxygen atoms in total. The summed E-state index contributed by atoms with van der Waals surface area (Å²) < 4.78 is 24.1. The molecule has 0 unspecified atom stereocenters. The van der Waals surface area contributed by atoms with Crippen molar-refractivity contribution in [3.63, 3.8) is 0 Å². The van der Waals surface area contributed by atoms with Crippen molar-refractivity contribution < 1.29 is 18.6 Å². The molecule has 1 aromatic carbocycles. The first kappa shape index (κ1) is 28.5. The summed E-state index contributed by atoms with van der Waals surface area (Å²) in [5.74, 6) is 0.0498. The van der Waals surface area contributed by atoms with Crippen LogP contribution in [0.2, 0.25) is 0 Å². The maximum absolute atomic E-state index is 13.3. The molecular weight excluding hydrogens is 337 g/mol. The summed E-state index contributed by atoms with van der Waals surface area (Å²) in [6.07, 6.45) is -0.221. The Hall–Kier alpha value is -1.32. The molecule has 0 aromatic heterocycles. The van der Waals surface area contributed by atoms with Crippen LogP contribution in [0.4, 0.5) is 0 Å². The monoisotopic (exact) mass is 375 g/mol. The van der Waals surface area contributed by atoms with Crippen molar-refractivity contribution >= 4 is 13.5 Å². The minimum Gasteiger partial charge on any atom is -0.462 e. The van der Waals surface area contributed by atoms with E-state index in [1.807, 2.05) is 26.8 Å². The van der Waals surface area contributed by atoms with Gasteiger partial charge in [-0.2, -0.15) is 0 Å². The predicted molar refractivity (Wildman–Crippen MR) is 108 cm³/mol. The fourth-order valence-corrected chi connectivity index (χ4v) is 3.38. The van der Waals surface area contributed by atoms with Gasteiger partial charge in [-0.05, 0) is 53.7 Å². The molecule has 0 bridgehead atoms. The lowest BCUT2D eigenvalue weighted by Gasteiger charge is -2.33. The van der Waals surface area contributed by atoms with Crippen molar-refractivity contribution in [1.82, 2.24) is 5.09 Å². The second kappa shape index (κ2) is 11.3. The van der Waals surface area contributed by atoms with Gasteiger partial charge in [0, 0.05) is 0 Å². The van der Waals surface area contributed by atoms with Gasteiger partial charge in [-0.25, -0.2) is 5.09 Å². The highest BCUT2D eigenvalue weighted by molar-refractivity contribution is 7.59. The van der Waals surface area contributed by atoms with E-state index in [0.29, 0.717) is 5.75 Å². The maximum Gasteiger partial charge on any atom is 0.323 e. The molecule has 6 heteroatoms. The van der Waals surface area contributed by atoms with Gasteiger partial charge in [0.1, 0.15) is 11.8 Å². The van der Waals surface area contributed by atoms with Crippen molar-refractivity contribution in [3.8, 4) is 5.75 Å². The van der Waals surface area contributed by atoms with Crippen molar-refractivity contribution in [1.29, 1.82) is 0 Å². The Labute approximate surface area is 155 Å².